The second kappa shape index (κ2) is 6.17. The molecule has 4 atom stereocenters. The fourth-order valence-electron chi connectivity index (χ4n) is 2.95. The molecule has 1 rings (SSSR count). The predicted molar refractivity (Wildman–Crippen MR) is 86.6 cm³/mol. The lowest BCUT2D eigenvalue weighted by atomic mass is 9.76. The van der Waals surface area contributed by atoms with Crippen LogP contribution in [0.3, 0.4) is 0 Å². The number of allylic oxidation sites excluding steroid dienone is 1. The van der Waals surface area contributed by atoms with Gasteiger partial charge in [0, 0.05) is 0 Å². The van der Waals surface area contributed by atoms with Gasteiger partial charge in [-0.15, -0.1) is 19.7 Å². The summed E-state index contributed by atoms with van der Waals surface area (Å²) in [7, 11) is -3.02. The highest BCUT2D eigenvalue weighted by Crippen LogP contribution is 2.47. The van der Waals surface area contributed by atoms with Gasteiger partial charge in [-0.05, 0) is 36.9 Å². The van der Waals surface area contributed by atoms with Crippen LogP contribution in [0.4, 0.5) is 0 Å². The topological polar surface area (TPSA) is 9.23 Å². The average Bonchev–Trinajstić information content (AvgIpc) is 2.38. The maximum atomic E-state index is 6.42. The van der Waals surface area contributed by atoms with Gasteiger partial charge in [-0.3, -0.25) is 0 Å². The monoisotopic (exact) mass is 280 g/mol. The standard InChI is InChI=1S/C15H28OSi2/c1-7-15(4)12-10-11-14(13-15)18(6,9-3)16-17(5)8-2/h7-9,14,17H,1-3,10-13H2,4-6H3. The Bertz CT molecular complexity index is 328. The Hall–Kier alpha value is -0.386. The van der Waals surface area contributed by atoms with Crippen LogP contribution in [0.1, 0.15) is 32.6 Å². The first-order valence-corrected chi connectivity index (χ1v) is 11.8. The molecule has 1 fully saturated rings. The normalized spacial score (nSPS) is 33.2. The quantitative estimate of drug-likeness (QED) is 0.513. The molecule has 102 valence electrons. The molecule has 0 aromatic carbocycles. The molecule has 0 amide bonds. The summed E-state index contributed by atoms with van der Waals surface area (Å²) in [6, 6.07) is 0. The second-order valence-corrected chi connectivity index (χ2v) is 12.5. The minimum atomic E-state index is -1.81. The van der Waals surface area contributed by atoms with Gasteiger partial charge in [-0.2, -0.15) is 0 Å². The summed E-state index contributed by atoms with van der Waals surface area (Å²) in [5, 5.41) is 0. The lowest BCUT2D eigenvalue weighted by molar-refractivity contribution is 0.273. The van der Waals surface area contributed by atoms with Crippen molar-refractivity contribution >= 4 is 17.4 Å². The molecule has 1 saturated carbocycles. The first-order valence-electron chi connectivity index (χ1n) is 6.96. The van der Waals surface area contributed by atoms with E-state index >= 15 is 0 Å². The lowest BCUT2D eigenvalue weighted by Crippen LogP contribution is -2.45. The molecule has 0 radical (unpaired) electrons. The average molecular weight is 281 g/mol. The molecular formula is C15H28OSi2. The van der Waals surface area contributed by atoms with E-state index in [2.05, 4.69) is 51.5 Å². The Balaban J connectivity index is 2.84. The third kappa shape index (κ3) is 3.56. The Morgan fingerprint density at radius 3 is 2.56 bits per heavy atom. The van der Waals surface area contributed by atoms with Crippen LogP contribution < -0.4 is 0 Å². The molecule has 18 heavy (non-hydrogen) atoms. The van der Waals surface area contributed by atoms with Crippen LogP contribution in [-0.4, -0.2) is 17.4 Å². The van der Waals surface area contributed by atoms with E-state index in [-0.39, 0.29) is 0 Å². The van der Waals surface area contributed by atoms with Crippen molar-refractivity contribution in [3.8, 4) is 0 Å². The van der Waals surface area contributed by atoms with Crippen molar-refractivity contribution in [3.63, 3.8) is 0 Å². The van der Waals surface area contributed by atoms with Gasteiger partial charge in [0.2, 0.25) is 8.32 Å². The van der Waals surface area contributed by atoms with E-state index in [4.69, 9.17) is 4.12 Å². The van der Waals surface area contributed by atoms with Gasteiger partial charge in [0.1, 0.15) is 0 Å². The van der Waals surface area contributed by atoms with E-state index in [1.165, 1.54) is 25.7 Å². The van der Waals surface area contributed by atoms with Crippen molar-refractivity contribution in [2.45, 2.75) is 51.2 Å². The minimum absolute atomic E-state index is 0.294. The molecular weight excluding hydrogens is 252 g/mol. The third-order valence-electron chi connectivity index (χ3n) is 4.49. The summed E-state index contributed by atoms with van der Waals surface area (Å²) >= 11 is 0. The molecule has 3 heteroatoms. The van der Waals surface area contributed by atoms with Crippen molar-refractivity contribution in [2.24, 2.45) is 5.41 Å². The fourth-order valence-corrected chi connectivity index (χ4v) is 9.68. The summed E-state index contributed by atoms with van der Waals surface area (Å²) in [6.07, 6.45) is 7.20. The summed E-state index contributed by atoms with van der Waals surface area (Å²) in [6.45, 7) is 18.8. The fraction of sp³-hybridized carbons (Fsp3) is 0.600. The van der Waals surface area contributed by atoms with Gasteiger partial charge in [0.25, 0.3) is 0 Å². The number of hydrogen-bond acceptors (Lipinski definition) is 1. The largest absolute Gasteiger partial charge is 0.451 e. The lowest BCUT2D eigenvalue weighted by Gasteiger charge is -2.43. The number of hydrogen-bond donors (Lipinski definition) is 0. The van der Waals surface area contributed by atoms with E-state index in [0.717, 1.165) is 0 Å². The van der Waals surface area contributed by atoms with Gasteiger partial charge in [0.05, 0.1) is 0 Å². The van der Waals surface area contributed by atoms with Gasteiger partial charge >= 0.3 is 0 Å². The Kier molecular flexibility index (Phi) is 5.37. The van der Waals surface area contributed by atoms with Crippen LogP contribution in [0, 0.1) is 5.41 Å². The van der Waals surface area contributed by atoms with Gasteiger partial charge in [-0.25, -0.2) is 0 Å². The first kappa shape index (κ1) is 15.7. The SMILES string of the molecule is C=C[SiH](C)O[Si](C)(C=C)C1CCCC(C)(C=C)C1. The van der Waals surface area contributed by atoms with Crippen molar-refractivity contribution in [2.75, 3.05) is 0 Å². The summed E-state index contributed by atoms with van der Waals surface area (Å²) in [4.78, 5) is 0. The molecule has 0 aromatic heterocycles. The smallest absolute Gasteiger partial charge is 0.204 e. The van der Waals surface area contributed by atoms with E-state index in [0.29, 0.717) is 11.0 Å². The van der Waals surface area contributed by atoms with Crippen LogP contribution in [0.2, 0.25) is 18.6 Å². The van der Waals surface area contributed by atoms with Crippen molar-refractivity contribution in [1.29, 1.82) is 0 Å². The molecule has 0 spiro atoms. The summed E-state index contributed by atoms with van der Waals surface area (Å²) in [5.41, 5.74) is 5.13. The highest BCUT2D eigenvalue weighted by Gasteiger charge is 2.42. The van der Waals surface area contributed by atoms with Crippen LogP contribution >= 0.6 is 0 Å². The first-order chi connectivity index (χ1) is 8.39. The van der Waals surface area contributed by atoms with Gasteiger partial charge in [0.15, 0.2) is 9.04 Å². The minimum Gasteiger partial charge on any atom is -0.451 e. The zero-order valence-corrected chi connectivity index (χ0v) is 14.4. The van der Waals surface area contributed by atoms with Crippen LogP contribution in [-0.2, 0) is 4.12 Å². The van der Waals surface area contributed by atoms with Gasteiger partial charge < -0.3 is 4.12 Å². The number of rotatable bonds is 6. The van der Waals surface area contributed by atoms with E-state index in [1.807, 2.05) is 5.70 Å². The predicted octanol–water partition coefficient (Wildman–Crippen LogP) is 4.52. The zero-order chi connectivity index (χ0) is 13.8. The summed E-state index contributed by atoms with van der Waals surface area (Å²) in [5.74, 6) is 0. The molecule has 4 unspecified atom stereocenters. The van der Waals surface area contributed by atoms with Crippen LogP contribution in [0.15, 0.2) is 37.2 Å². The van der Waals surface area contributed by atoms with Crippen molar-refractivity contribution < 1.29 is 4.12 Å². The molecule has 0 heterocycles. The molecule has 1 aliphatic carbocycles. The molecule has 0 saturated heterocycles. The van der Waals surface area contributed by atoms with Crippen LogP contribution in [0.25, 0.3) is 0 Å². The maximum absolute atomic E-state index is 6.42. The van der Waals surface area contributed by atoms with E-state index in [1.54, 1.807) is 0 Å². The Labute approximate surface area is 115 Å². The molecule has 0 aliphatic heterocycles. The molecule has 0 N–H and O–H groups in total. The van der Waals surface area contributed by atoms with Crippen molar-refractivity contribution in [1.82, 2.24) is 0 Å². The Morgan fingerprint density at radius 2 is 2.06 bits per heavy atom. The Morgan fingerprint density at radius 1 is 1.39 bits per heavy atom. The van der Waals surface area contributed by atoms with E-state index < -0.39 is 17.4 Å². The van der Waals surface area contributed by atoms with Crippen LogP contribution in [0.5, 0.6) is 0 Å². The summed E-state index contributed by atoms with van der Waals surface area (Å²) < 4.78 is 6.42. The highest BCUT2D eigenvalue weighted by molar-refractivity contribution is 6.84. The van der Waals surface area contributed by atoms with Gasteiger partial charge in [-0.1, -0.05) is 37.2 Å². The zero-order valence-electron chi connectivity index (χ0n) is 12.2. The molecule has 0 bridgehead atoms. The second-order valence-electron chi connectivity index (χ2n) is 6.10. The molecule has 1 nitrogen and oxygen atoms in total. The van der Waals surface area contributed by atoms with Crippen molar-refractivity contribution in [3.05, 3.63) is 37.2 Å². The molecule has 1 aliphatic rings. The third-order valence-corrected chi connectivity index (χ3v) is 11.6. The molecule has 0 aromatic rings. The van der Waals surface area contributed by atoms with E-state index in [9.17, 15) is 0 Å². The highest BCUT2D eigenvalue weighted by atomic mass is 28.4. The maximum Gasteiger partial charge on any atom is 0.204 e.